The van der Waals surface area contributed by atoms with Crippen LogP contribution >= 0.6 is 0 Å². The summed E-state index contributed by atoms with van der Waals surface area (Å²) in [5.74, 6) is 0. The molecule has 0 nitrogen and oxygen atoms in total. The Morgan fingerprint density at radius 3 is 2.48 bits per heavy atom. The molecule has 0 fully saturated rings. The smallest absolute Gasteiger partial charge is 0.0428 e. The topological polar surface area (TPSA) is 0 Å². The van der Waals surface area contributed by atoms with Crippen LogP contribution in [-0.4, -0.2) is 0 Å². The van der Waals surface area contributed by atoms with Crippen LogP contribution in [0.25, 0.3) is 6.08 Å². The number of rotatable bonds is 3. The van der Waals surface area contributed by atoms with Gasteiger partial charge in [-0.3, -0.25) is 0 Å². The molecule has 2 aromatic rings. The van der Waals surface area contributed by atoms with E-state index in [-0.39, 0.29) is 5.41 Å². The minimum Gasteiger partial charge on any atom is -0.0804 e. The van der Waals surface area contributed by atoms with Gasteiger partial charge in [0.2, 0.25) is 0 Å². The second-order valence-electron chi connectivity index (χ2n) is 5.85. The average Bonchev–Trinajstić information content (AvgIpc) is 3.18. The van der Waals surface area contributed by atoms with Crippen molar-refractivity contribution in [1.29, 1.82) is 0 Å². The molecule has 102 valence electrons. The second kappa shape index (κ2) is 4.89. The molecule has 0 spiro atoms. The zero-order chi connectivity index (χ0) is 14.1. The van der Waals surface area contributed by atoms with Gasteiger partial charge in [-0.05, 0) is 35.1 Å². The first-order chi connectivity index (χ1) is 10.4. The first-order valence-electron chi connectivity index (χ1n) is 7.58. The molecule has 2 aliphatic carbocycles. The largest absolute Gasteiger partial charge is 0.0804 e. The summed E-state index contributed by atoms with van der Waals surface area (Å²) in [6.07, 6.45) is 13.7. The molecule has 4 rings (SSSR count). The van der Waals surface area contributed by atoms with E-state index < -0.39 is 0 Å². The fraction of sp³-hybridized carbons (Fsp3) is 0.143. The summed E-state index contributed by atoms with van der Waals surface area (Å²) in [7, 11) is 0. The van der Waals surface area contributed by atoms with E-state index in [4.69, 9.17) is 0 Å². The van der Waals surface area contributed by atoms with Gasteiger partial charge in [0.1, 0.15) is 0 Å². The minimum atomic E-state index is 0.00491. The van der Waals surface area contributed by atoms with Crippen LogP contribution < -0.4 is 0 Å². The molecule has 0 heterocycles. The number of allylic oxidation sites excluding steroid dienone is 5. The van der Waals surface area contributed by atoms with Gasteiger partial charge in [0.25, 0.3) is 0 Å². The van der Waals surface area contributed by atoms with E-state index in [1.807, 2.05) is 0 Å². The zero-order valence-electron chi connectivity index (χ0n) is 12.0. The fourth-order valence-corrected chi connectivity index (χ4v) is 3.59. The highest BCUT2D eigenvalue weighted by Gasteiger charge is 2.37. The molecule has 0 N–H and O–H groups in total. The van der Waals surface area contributed by atoms with Crippen LogP contribution in [0.2, 0.25) is 0 Å². The molecule has 2 aliphatic rings. The van der Waals surface area contributed by atoms with Crippen molar-refractivity contribution in [2.75, 3.05) is 0 Å². The molecule has 0 saturated heterocycles. The number of benzene rings is 2. The van der Waals surface area contributed by atoms with Crippen LogP contribution in [0.5, 0.6) is 0 Å². The SMILES string of the molecule is C1=CC(C2(Cc3ccccc3)C=Cc3ccccc32)=CC1. The second-order valence-corrected chi connectivity index (χ2v) is 5.85. The maximum Gasteiger partial charge on any atom is 0.0428 e. The van der Waals surface area contributed by atoms with Crippen molar-refractivity contribution < 1.29 is 0 Å². The van der Waals surface area contributed by atoms with Gasteiger partial charge in [0.05, 0.1) is 0 Å². The Bertz CT molecular complexity index is 747. The van der Waals surface area contributed by atoms with Gasteiger partial charge in [-0.15, -0.1) is 0 Å². The van der Waals surface area contributed by atoms with Crippen molar-refractivity contribution in [1.82, 2.24) is 0 Å². The molecule has 1 atom stereocenters. The van der Waals surface area contributed by atoms with Gasteiger partial charge in [0.15, 0.2) is 0 Å². The van der Waals surface area contributed by atoms with Crippen LogP contribution in [0.3, 0.4) is 0 Å². The zero-order valence-corrected chi connectivity index (χ0v) is 12.0. The average molecular weight is 270 g/mol. The van der Waals surface area contributed by atoms with Crippen molar-refractivity contribution in [3.8, 4) is 0 Å². The molecule has 0 aromatic heterocycles. The molecule has 0 bridgehead atoms. The summed E-state index contributed by atoms with van der Waals surface area (Å²) in [6.45, 7) is 0. The van der Waals surface area contributed by atoms with E-state index in [2.05, 4.69) is 85.0 Å². The molecule has 0 radical (unpaired) electrons. The predicted molar refractivity (Wildman–Crippen MR) is 89.1 cm³/mol. The molecule has 21 heavy (non-hydrogen) atoms. The third kappa shape index (κ3) is 1.99. The molecule has 0 aliphatic heterocycles. The Hall–Kier alpha value is -2.34. The lowest BCUT2D eigenvalue weighted by Gasteiger charge is -2.30. The van der Waals surface area contributed by atoms with Gasteiger partial charge >= 0.3 is 0 Å². The summed E-state index contributed by atoms with van der Waals surface area (Å²) in [5.41, 5.74) is 5.62. The highest BCUT2D eigenvalue weighted by molar-refractivity contribution is 5.70. The summed E-state index contributed by atoms with van der Waals surface area (Å²) in [4.78, 5) is 0. The van der Waals surface area contributed by atoms with Crippen molar-refractivity contribution in [2.45, 2.75) is 18.3 Å². The normalized spacial score (nSPS) is 22.4. The highest BCUT2D eigenvalue weighted by Crippen LogP contribution is 2.45. The molecule has 0 amide bonds. The van der Waals surface area contributed by atoms with E-state index in [0.717, 1.165) is 12.8 Å². The molecule has 2 aromatic carbocycles. The van der Waals surface area contributed by atoms with E-state index in [1.54, 1.807) is 0 Å². The van der Waals surface area contributed by atoms with Crippen LogP contribution in [-0.2, 0) is 11.8 Å². The van der Waals surface area contributed by atoms with Crippen LogP contribution in [0, 0.1) is 0 Å². The lowest BCUT2D eigenvalue weighted by Crippen LogP contribution is -2.26. The molecular weight excluding hydrogens is 252 g/mol. The van der Waals surface area contributed by atoms with Crippen LogP contribution in [0.1, 0.15) is 23.1 Å². The lowest BCUT2D eigenvalue weighted by molar-refractivity contribution is 0.648. The Morgan fingerprint density at radius 2 is 1.67 bits per heavy atom. The van der Waals surface area contributed by atoms with Gasteiger partial charge in [-0.2, -0.15) is 0 Å². The van der Waals surface area contributed by atoms with Crippen LogP contribution in [0.15, 0.2) is 84.5 Å². The molecule has 0 heteroatoms. The number of fused-ring (bicyclic) bond motifs is 1. The van der Waals surface area contributed by atoms with Gasteiger partial charge < -0.3 is 0 Å². The summed E-state index contributed by atoms with van der Waals surface area (Å²) in [6, 6.07) is 19.6. The van der Waals surface area contributed by atoms with Gasteiger partial charge in [0, 0.05) is 5.41 Å². The quantitative estimate of drug-likeness (QED) is 0.729. The summed E-state index contributed by atoms with van der Waals surface area (Å²) in [5, 5.41) is 0. The Balaban J connectivity index is 1.86. The molecular formula is C21H18. The third-order valence-corrected chi connectivity index (χ3v) is 4.60. The Morgan fingerprint density at radius 1 is 0.857 bits per heavy atom. The summed E-state index contributed by atoms with van der Waals surface area (Å²) < 4.78 is 0. The standard InChI is InChI=1S/C21H18/c1-2-8-17(9-3-1)16-21(19-11-5-6-12-19)15-14-18-10-4-7-13-20(18)21/h1-5,7-15H,6,16H2. The van der Waals surface area contributed by atoms with E-state index >= 15 is 0 Å². The predicted octanol–water partition coefficient (Wildman–Crippen LogP) is 5.08. The van der Waals surface area contributed by atoms with Crippen molar-refractivity contribution in [3.05, 3.63) is 101 Å². The van der Waals surface area contributed by atoms with E-state index in [0.29, 0.717) is 0 Å². The van der Waals surface area contributed by atoms with Crippen molar-refractivity contribution in [2.24, 2.45) is 0 Å². The Kier molecular flexibility index (Phi) is 2.89. The van der Waals surface area contributed by atoms with Crippen molar-refractivity contribution in [3.63, 3.8) is 0 Å². The number of hydrogen-bond donors (Lipinski definition) is 0. The maximum atomic E-state index is 2.40. The fourth-order valence-electron chi connectivity index (χ4n) is 3.59. The van der Waals surface area contributed by atoms with E-state index in [9.17, 15) is 0 Å². The molecule has 1 unspecified atom stereocenters. The van der Waals surface area contributed by atoms with Crippen molar-refractivity contribution >= 4 is 6.08 Å². The van der Waals surface area contributed by atoms with E-state index in [1.165, 1.54) is 22.3 Å². The molecule has 0 saturated carbocycles. The Labute approximate surface area is 126 Å². The maximum absolute atomic E-state index is 2.40. The van der Waals surface area contributed by atoms with Gasteiger partial charge in [-0.1, -0.05) is 85.0 Å². The van der Waals surface area contributed by atoms with Gasteiger partial charge in [-0.25, -0.2) is 0 Å². The number of hydrogen-bond acceptors (Lipinski definition) is 0. The first kappa shape index (κ1) is 12.4. The first-order valence-corrected chi connectivity index (χ1v) is 7.58. The van der Waals surface area contributed by atoms with Crippen LogP contribution in [0.4, 0.5) is 0 Å². The minimum absolute atomic E-state index is 0.00491. The summed E-state index contributed by atoms with van der Waals surface area (Å²) >= 11 is 0. The lowest BCUT2D eigenvalue weighted by atomic mass is 9.72. The third-order valence-electron chi connectivity index (χ3n) is 4.60. The monoisotopic (exact) mass is 270 g/mol. The highest BCUT2D eigenvalue weighted by atomic mass is 14.4.